The van der Waals surface area contributed by atoms with Gasteiger partial charge in [0.1, 0.15) is 6.54 Å². The normalized spacial score (nSPS) is 21.4. The first kappa shape index (κ1) is 37.7. The van der Waals surface area contributed by atoms with Gasteiger partial charge in [0.2, 0.25) is 5.69 Å². The van der Waals surface area contributed by atoms with Gasteiger partial charge in [-0.15, -0.1) is 0 Å². The third kappa shape index (κ3) is 8.65. The third-order valence-corrected chi connectivity index (χ3v) is 11.6. The van der Waals surface area contributed by atoms with Gasteiger partial charge in [0.05, 0.1) is 16.9 Å². The van der Waals surface area contributed by atoms with E-state index in [4.69, 9.17) is 0 Å². The van der Waals surface area contributed by atoms with Crippen LogP contribution < -0.4 is 4.90 Å². The van der Waals surface area contributed by atoms with Crippen molar-refractivity contribution in [3.8, 4) is 0 Å². The summed E-state index contributed by atoms with van der Waals surface area (Å²) in [7, 11) is -8.08. The number of rotatable bonds is 12. The summed E-state index contributed by atoms with van der Waals surface area (Å²) in [5.41, 5.74) is 8.60. The van der Waals surface area contributed by atoms with E-state index in [1.165, 1.54) is 22.3 Å². The van der Waals surface area contributed by atoms with Gasteiger partial charge in [0, 0.05) is 47.5 Å². The molecule has 2 heterocycles. The Bertz CT molecular complexity index is 2040. The molecule has 0 aromatic heterocycles. The van der Waals surface area contributed by atoms with Crippen molar-refractivity contribution in [1.29, 1.82) is 0 Å². The molecule has 5 rings (SSSR count). The zero-order valence-electron chi connectivity index (χ0n) is 30.1. The van der Waals surface area contributed by atoms with Crippen LogP contribution in [0.15, 0.2) is 108 Å². The molecule has 1 aliphatic carbocycles. The zero-order chi connectivity index (χ0) is 36.5. The molecule has 2 aromatic carbocycles. The SMILES string of the molecule is CC1(C)CC(/C=C/C=C2/N(CCCS(=O)(=O)O)c3ccccc3C2(C)C)=CC(=C/C=C/C2=[N+](CCCS(=O)(=O)O)c3ccccc3C2(C)C)/C1. The number of benzene rings is 2. The van der Waals surface area contributed by atoms with E-state index >= 15 is 0 Å². The molecule has 2 aliphatic heterocycles. The molecule has 8 nitrogen and oxygen atoms in total. The van der Waals surface area contributed by atoms with Crippen LogP contribution in [0.5, 0.6) is 0 Å². The first-order valence-corrected chi connectivity index (χ1v) is 20.5. The van der Waals surface area contributed by atoms with E-state index in [0.717, 1.165) is 35.6 Å². The maximum atomic E-state index is 11.4. The lowest BCUT2D eigenvalue weighted by atomic mass is 9.75. The monoisotopic (exact) mass is 719 g/mol. The maximum absolute atomic E-state index is 11.4. The van der Waals surface area contributed by atoms with Gasteiger partial charge >= 0.3 is 0 Å². The van der Waals surface area contributed by atoms with E-state index in [1.54, 1.807) is 0 Å². The zero-order valence-corrected chi connectivity index (χ0v) is 31.7. The summed E-state index contributed by atoms with van der Waals surface area (Å²) in [6.07, 6.45) is 17.5. The Kier molecular flexibility index (Phi) is 10.7. The van der Waals surface area contributed by atoms with E-state index in [-0.39, 0.29) is 27.8 Å². The Morgan fingerprint density at radius 3 is 2.08 bits per heavy atom. The lowest BCUT2D eigenvalue weighted by molar-refractivity contribution is -0.437. The molecule has 0 unspecified atom stereocenters. The molecule has 0 saturated carbocycles. The smallest absolute Gasteiger partial charge is 0.265 e. The lowest BCUT2D eigenvalue weighted by Crippen LogP contribution is -2.28. The van der Waals surface area contributed by atoms with E-state index < -0.39 is 20.2 Å². The molecule has 0 spiro atoms. The molecule has 0 atom stereocenters. The van der Waals surface area contributed by atoms with Crippen LogP contribution in [-0.4, -0.2) is 60.8 Å². The standard InChI is InChI=1S/C40H50N2O6S2/c1-38(2)28-30(15-11-21-36-39(3,4)32-17-7-9-19-34(32)41(36)23-13-25-49(43,44)45)27-31(29-38)16-12-22-37-40(5,6)33-18-8-10-20-35(33)42(37)24-14-26-50(46,47)48/h7-12,15-22,27H,13-14,23-26,28-29H2,1-6H3,(H-,43,44,45,46,47,48)/p+1. The van der Waals surface area contributed by atoms with Gasteiger partial charge in [-0.3, -0.25) is 9.11 Å². The van der Waals surface area contributed by atoms with Gasteiger partial charge in [-0.2, -0.15) is 21.4 Å². The second kappa shape index (κ2) is 14.2. The quantitative estimate of drug-likeness (QED) is 0.168. The first-order chi connectivity index (χ1) is 23.3. The molecule has 0 fully saturated rings. The first-order valence-electron chi connectivity index (χ1n) is 17.3. The van der Waals surface area contributed by atoms with E-state index in [2.05, 4.69) is 118 Å². The molecule has 0 radical (unpaired) electrons. The minimum Gasteiger partial charge on any atom is -0.344 e. The minimum absolute atomic E-state index is 0.0593. The van der Waals surface area contributed by atoms with Crippen LogP contribution in [0.4, 0.5) is 11.4 Å². The van der Waals surface area contributed by atoms with Crippen molar-refractivity contribution in [3.63, 3.8) is 0 Å². The lowest BCUT2D eigenvalue weighted by Gasteiger charge is -2.30. The van der Waals surface area contributed by atoms with Gasteiger partial charge in [-0.25, -0.2) is 0 Å². The van der Waals surface area contributed by atoms with Crippen molar-refractivity contribution in [2.24, 2.45) is 5.41 Å². The second-order valence-electron chi connectivity index (χ2n) is 15.5. The molecule has 2 aromatic rings. The van der Waals surface area contributed by atoms with Crippen LogP contribution in [0.3, 0.4) is 0 Å². The number of hydrogen-bond acceptors (Lipinski definition) is 5. The summed E-state index contributed by atoms with van der Waals surface area (Å²) in [6.45, 7) is 14.2. The van der Waals surface area contributed by atoms with Crippen LogP contribution in [0.2, 0.25) is 0 Å². The van der Waals surface area contributed by atoms with Crippen LogP contribution in [0, 0.1) is 5.41 Å². The fraction of sp³-hybridized carbons (Fsp3) is 0.425. The van der Waals surface area contributed by atoms with Crippen LogP contribution >= 0.6 is 0 Å². The summed E-state index contributed by atoms with van der Waals surface area (Å²) in [6, 6.07) is 16.4. The average Bonchev–Trinajstić information content (AvgIpc) is 3.34. The van der Waals surface area contributed by atoms with Gasteiger partial charge < -0.3 is 4.90 Å². The van der Waals surface area contributed by atoms with Crippen molar-refractivity contribution in [3.05, 3.63) is 119 Å². The molecule has 0 amide bonds. The second-order valence-corrected chi connectivity index (χ2v) is 18.6. The summed E-state index contributed by atoms with van der Waals surface area (Å²) in [5.74, 6) is -0.563. The summed E-state index contributed by atoms with van der Waals surface area (Å²) in [4.78, 5) is 2.17. The summed E-state index contributed by atoms with van der Waals surface area (Å²) < 4.78 is 66.6. The van der Waals surface area contributed by atoms with Crippen molar-refractivity contribution >= 4 is 37.3 Å². The van der Waals surface area contributed by atoms with Crippen LogP contribution in [0.25, 0.3) is 0 Å². The minimum atomic E-state index is -4.04. The summed E-state index contributed by atoms with van der Waals surface area (Å²) >= 11 is 0. The number of nitrogens with zero attached hydrogens (tertiary/aromatic N) is 2. The molecule has 10 heteroatoms. The van der Waals surface area contributed by atoms with Gasteiger partial charge in [-0.1, -0.05) is 94.5 Å². The largest absolute Gasteiger partial charge is 0.344 e. The predicted octanol–water partition coefficient (Wildman–Crippen LogP) is 8.09. The Morgan fingerprint density at radius 2 is 1.38 bits per heavy atom. The number of anilines is 1. The molecular formula is C40H51N2O6S2+. The number of para-hydroxylation sites is 2. The summed E-state index contributed by atoms with van der Waals surface area (Å²) in [5, 5.41) is 0. The highest BCUT2D eigenvalue weighted by Gasteiger charge is 2.44. The highest BCUT2D eigenvalue weighted by atomic mass is 32.2. The number of hydrogen-bond donors (Lipinski definition) is 2. The van der Waals surface area contributed by atoms with Gasteiger partial charge in [0.15, 0.2) is 5.71 Å². The Labute approximate surface area is 298 Å². The average molecular weight is 720 g/mol. The van der Waals surface area contributed by atoms with Crippen LogP contribution in [0.1, 0.15) is 78.4 Å². The number of allylic oxidation sites excluding steroid dienone is 10. The topological polar surface area (TPSA) is 115 Å². The molecule has 2 N–H and O–H groups in total. The highest BCUT2D eigenvalue weighted by Crippen LogP contribution is 2.48. The molecular weight excluding hydrogens is 669 g/mol. The van der Waals surface area contributed by atoms with E-state index in [1.807, 2.05) is 24.3 Å². The fourth-order valence-corrected chi connectivity index (χ4v) is 8.81. The highest BCUT2D eigenvalue weighted by molar-refractivity contribution is 7.86. The van der Waals surface area contributed by atoms with Crippen LogP contribution in [-0.2, 0) is 31.1 Å². The molecule has 3 aliphatic rings. The molecule has 268 valence electrons. The Balaban J connectivity index is 1.41. The molecule has 0 bridgehead atoms. The Hall–Kier alpha value is -3.57. The van der Waals surface area contributed by atoms with Crippen molar-refractivity contribution in [2.75, 3.05) is 29.5 Å². The number of fused-ring (bicyclic) bond motifs is 2. The molecule has 0 saturated heterocycles. The fourth-order valence-electron chi connectivity index (χ4n) is 7.82. The van der Waals surface area contributed by atoms with Crippen molar-refractivity contribution in [1.82, 2.24) is 0 Å². The van der Waals surface area contributed by atoms with Crippen molar-refractivity contribution < 1.29 is 30.5 Å². The predicted molar refractivity (Wildman–Crippen MR) is 204 cm³/mol. The van der Waals surface area contributed by atoms with E-state index in [0.29, 0.717) is 25.9 Å². The third-order valence-electron chi connectivity index (χ3n) is 10.0. The van der Waals surface area contributed by atoms with E-state index in [9.17, 15) is 25.9 Å². The maximum Gasteiger partial charge on any atom is 0.265 e. The van der Waals surface area contributed by atoms with Crippen molar-refractivity contribution in [2.45, 2.75) is 78.1 Å². The van der Waals surface area contributed by atoms with Gasteiger partial charge in [0.25, 0.3) is 20.2 Å². The Morgan fingerprint density at radius 1 is 0.760 bits per heavy atom. The molecule has 50 heavy (non-hydrogen) atoms. The van der Waals surface area contributed by atoms with Gasteiger partial charge in [-0.05, 0) is 67.4 Å².